The molecule has 1 rings (SSSR count). The van der Waals surface area contributed by atoms with E-state index in [9.17, 15) is 23.3 Å². The molecule has 1 N–H and O–H groups in total. The minimum atomic E-state index is -3.68. The van der Waals surface area contributed by atoms with Crippen molar-refractivity contribution in [2.75, 3.05) is 6.26 Å². The van der Waals surface area contributed by atoms with Gasteiger partial charge in [0.05, 0.1) is 10.8 Å². The molecule has 2 unspecified atom stereocenters. The largest absolute Gasteiger partial charge is 0.476 e. The van der Waals surface area contributed by atoms with E-state index in [4.69, 9.17) is 5.11 Å². The van der Waals surface area contributed by atoms with E-state index >= 15 is 0 Å². The molecule has 94 valence electrons. The number of nitrogens with zero attached hydrogens (tertiary/aromatic N) is 1. The summed E-state index contributed by atoms with van der Waals surface area (Å²) in [6.07, 6.45) is 3.96. The maximum atomic E-state index is 11.3. The first-order valence-corrected chi connectivity index (χ1v) is 6.50. The summed E-state index contributed by atoms with van der Waals surface area (Å²) in [5, 5.41) is 20.0. The molecule has 0 amide bonds. The van der Waals surface area contributed by atoms with Crippen molar-refractivity contribution in [2.24, 2.45) is 5.92 Å². The van der Waals surface area contributed by atoms with Crippen LogP contribution in [-0.2, 0) is 14.6 Å². The molecule has 0 bridgehead atoms. The zero-order valence-corrected chi connectivity index (χ0v) is 9.97. The maximum Gasteiger partial charge on any atom is 0.387 e. The van der Waals surface area contributed by atoms with Crippen LogP contribution in [0.3, 0.4) is 0 Å². The van der Waals surface area contributed by atoms with Crippen molar-refractivity contribution >= 4 is 15.8 Å². The highest BCUT2D eigenvalue weighted by Crippen LogP contribution is 2.32. The molecule has 0 radical (unpaired) electrons. The highest BCUT2D eigenvalue weighted by atomic mass is 32.2. The number of allylic oxidation sites excluding steroid dienone is 1. The normalized spacial score (nSPS) is 28.6. The molecule has 0 aliphatic heterocycles. The van der Waals surface area contributed by atoms with Crippen molar-refractivity contribution in [1.82, 2.24) is 0 Å². The predicted molar refractivity (Wildman–Crippen MR) is 58.6 cm³/mol. The Labute approximate surface area is 97.5 Å². The average Bonchev–Trinajstić information content (AvgIpc) is 2.15. The predicted octanol–water partition coefficient (Wildman–Crippen LogP) is 0.221. The van der Waals surface area contributed by atoms with Crippen molar-refractivity contribution in [2.45, 2.75) is 12.5 Å². The van der Waals surface area contributed by atoms with Crippen molar-refractivity contribution in [3.8, 4) is 0 Å². The van der Waals surface area contributed by atoms with Gasteiger partial charge in [0.2, 0.25) is 0 Å². The molecule has 0 spiro atoms. The van der Waals surface area contributed by atoms with E-state index in [0.717, 1.165) is 6.26 Å². The molecule has 17 heavy (non-hydrogen) atoms. The van der Waals surface area contributed by atoms with Gasteiger partial charge in [-0.15, -0.1) is 0 Å². The topological polar surface area (TPSA) is 115 Å². The lowest BCUT2D eigenvalue weighted by Crippen LogP contribution is -2.51. The van der Waals surface area contributed by atoms with E-state index < -0.39 is 32.2 Å². The molecule has 8 heteroatoms. The smallest absolute Gasteiger partial charge is 0.387 e. The fraction of sp³-hybridized carbons (Fsp3) is 0.444. The second-order valence-corrected chi connectivity index (χ2v) is 5.87. The summed E-state index contributed by atoms with van der Waals surface area (Å²) in [6, 6.07) is 0. The standard InChI is InChI=1S/C9H11NO6S/c1-6-3-4-7(17(2,15)16)5-9(6,8(11)12)10(13)14/h3-6H,1-2H3,(H,11,12). The van der Waals surface area contributed by atoms with Crippen LogP contribution in [0.4, 0.5) is 0 Å². The van der Waals surface area contributed by atoms with Crippen LogP contribution in [0.1, 0.15) is 6.92 Å². The molecular weight excluding hydrogens is 250 g/mol. The third-order valence-electron chi connectivity index (χ3n) is 2.68. The summed E-state index contributed by atoms with van der Waals surface area (Å²) in [4.78, 5) is 20.7. The third-order valence-corrected chi connectivity index (χ3v) is 3.79. The molecule has 0 aromatic heterocycles. The SMILES string of the molecule is CC1C=CC(S(C)(=O)=O)=CC1(C(=O)O)[N+](=O)[O-]. The molecule has 1 aliphatic carbocycles. The van der Waals surface area contributed by atoms with E-state index in [-0.39, 0.29) is 4.91 Å². The van der Waals surface area contributed by atoms with Crippen LogP contribution in [0, 0.1) is 16.0 Å². The molecule has 0 fully saturated rings. The Bertz CT molecular complexity index is 516. The highest BCUT2D eigenvalue weighted by Gasteiger charge is 2.55. The highest BCUT2D eigenvalue weighted by molar-refractivity contribution is 7.94. The number of aliphatic carboxylic acids is 1. The summed E-state index contributed by atoms with van der Waals surface area (Å²) in [5.74, 6) is -2.61. The van der Waals surface area contributed by atoms with E-state index in [0.29, 0.717) is 6.08 Å². The molecule has 0 aromatic rings. The molecule has 2 atom stereocenters. The van der Waals surface area contributed by atoms with Gasteiger partial charge < -0.3 is 5.11 Å². The van der Waals surface area contributed by atoms with Crippen LogP contribution in [0.2, 0.25) is 0 Å². The fourth-order valence-electron chi connectivity index (χ4n) is 1.57. The van der Waals surface area contributed by atoms with Gasteiger partial charge in [0.15, 0.2) is 9.84 Å². The quantitative estimate of drug-likeness (QED) is 0.574. The number of nitro groups is 1. The van der Waals surface area contributed by atoms with Gasteiger partial charge in [-0.2, -0.15) is 0 Å². The van der Waals surface area contributed by atoms with Gasteiger partial charge in [-0.3, -0.25) is 10.1 Å². The molecule has 7 nitrogen and oxygen atoms in total. The van der Waals surface area contributed by atoms with Crippen LogP contribution < -0.4 is 0 Å². The van der Waals surface area contributed by atoms with Gasteiger partial charge in [0.25, 0.3) is 0 Å². The molecule has 1 aliphatic rings. The average molecular weight is 261 g/mol. The molecule has 0 saturated heterocycles. The third kappa shape index (κ3) is 2.07. The Balaban J connectivity index is 3.51. The first-order valence-electron chi connectivity index (χ1n) is 4.61. The van der Waals surface area contributed by atoms with Crippen molar-refractivity contribution < 1.29 is 23.2 Å². The summed E-state index contributed by atoms with van der Waals surface area (Å²) < 4.78 is 22.6. The Hall–Kier alpha value is -1.70. The lowest BCUT2D eigenvalue weighted by atomic mass is 9.82. The van der Waals surface area contributed by atoms with Crippen molar-refractivity contribution in [3.05, 3.63) is 33.2 Å². The van der Waals surface area contributed by atoms with E-state index in [1.807, 2.05) is 0 Å². The number of hydrogen-bond donors (Lipinski definition) is 1. The number of carboxylic acids is 1. The number of carboxylic acid groups (broad SMARTS) is 1. The summed E-state index contributed by atoms with van der Waals surface area (Å²) in [7, 11) is -3.68. The van der Waals surface area contributed by atoms with Gasteiger partial charge in [-0.25, -0.2) is 13.2 Å². The number of hydrogen-bond acceptors (Lipinski definition) is 5. The Kier molecular flexibility index (Phi) is 3.11. The summed E-state index contributed by atoms with van der Waals surface area (Å²) in [6.45, 7) is 1.35. The van der Waals surface area contributed by atoms with Crippen LogP contribution >= 0.6 is 0 Å². The van der Waals surface area contributed by atoms with Crippen LogP contribution in [0.5, 0.6) is 0 Å². The molecule has 0 heterocycles. The van der Waals surface area contributed by atoms with Gasteiger partial charge in [-0.1, -0.05) is 13.0 Å². The number of rotatable bonds is 3. The monoisotopic (exact) mass is 261 g/mol. The van der Waals surface area contributed by atoms with Crippen molar-refractivity contribution in [3.63, 3.8) is 0 Å². The fourth-order valence-corrected chi connectivity index (χ4v) is 2.29. The zero-order valence-electron chi connectivity index (χ0n) is 9.15. The lowest BCUT2D eigenvalue weighted by molar-refractivity contribution is -0.548. The van der Waals surface area contributed by atoms with E-state index in [2.05, 4.69) is 0 Å². The zero-order chi connectivity index (χ0) is 13.4. The molecule has 0 saturated carbocycles. The first kappa shape index (κ1) is 13.4. The van der Waals surface area contributed by atoms with Gasteiger partial charge in [-0.05, 0) is 6.08 Å². The molecular formula is C9H11NO6S. The second kappa shape index (κ2) is 3.95. The Morgan fingerprint density at radius 2 is 2.12 bits per heavy atom. The van der Waals surface area contributed by atoms with E-state index in [1.54, 1.807) is 0 Å². The number of carbonyl (C=O) groups is 1. The van der Waals surface area contributed by atoms with Crippen LogP contribution in [-0.4, -0.2) is 36.2 Å². The van der Waals surface area contributed by atoms with Gasteiger partial charge >= 0.3 is 11.5 Å². The summed E-state index contributed by atoms with van der Waals surface area (Å²) >= 11 is 0. The van der Waals surface area contributed by atoms with E-state index in [1.165, 1.54) is 19.1 Å². The van der Waals surface area contributed by atoms with Crippen molar-refractivity contribution in [1.29, 1.82) is 0 Å². The lowest BCUT2D eigenvalue weighted by Gasteiger charge is -2.25. The van der Waals surface area contributed by atoms with Crippen LogP contribution in [0.15, 0.2) is 23.1 Å². The minimum Gasteiger partial charge on any atom is -0.476 e. The Morgan fingerprint density at radius 1 is 1.59 bits per heavy atom. The second-order valence-electron chi connectivity index (χ2n) is 3.85. The first-order chi connectivity index (χ1) is 7.62. The van der Waals surface area contributed by atoms with Crippen LogP contribution in [0.25, 0.3) is 0 Å². The summed E-state index contributed by atoms with van der Waals surface area (Å²) in [5.41, 5.74) is -2.42. The van der Waals surface area contributed by atoms with Gasteiger partial charge in [0, 0.05) is 17.3 Å². The number of sulfone groups is 1. The maximum absolute atomic E-state index is 11.3. The molecule has 0 aromatic carbocycles. The van der Waals surface area contributed by atoms with Gasteiger partial charge in [0.1, 0.15) is 0 Å². The minimum absolute atomic E-state index is 0.352. The Morgan fingerprint density at radius 3 is 2.47 bits per heavy atom.